The van der Waals surface area contributed by atoms with Crippen LogP contribution in [-0.4, -0.2) is 111 Å². The van der Waals surface area contributed by atoms with Gasteiger partial charge in [0.1, 0.15) is 24.9 Å². The molecular formula is C40H42O16. The first-order valence-electron chi connectivity index (χ1n) is 17.6. The van der Waals surface area contributed by atoms with Gasteiger partial charge in [0.2, 0.25) is 0 Å². The lowest BCUT2D eigenvalue weighted by atomic mass is 9.97. The molecule has 0 bridgehead atoms. The number of methoxy groups -OCH3 is 1. The Balaban J connectivity index is 1.48. The van der Waals surface area contributed by atoms with E-state index in [1.165, 1.54) is 57.4 Å². The Labute approximate surface area is 322 Å². The van der Waals surface area contributed by atoms with E-state index in [0.717, 1.165) is 6.92 Å². The van der Waals surface area contributed by atoms with Crippen LogP contribution >= 0.6 is 0 Å². The molecule has 0 radical (unpaired) electrons. The van der Waals surface area contributed by atoms with Crippen LogP contribution in [0.2, 0.25) is 0 Å². The van der Waals surface area contributed by atoms with Crippen molar-refractivity contribution < 1.29 is 76.1 Å². The van der Waals surface area contributed by atoms with Gasteiger partial charge in [-0.05, 0) is 36.4 Å². The molecule has 16 heteroatoms. The third kappa shape index (κ3) is 11.2. The van der Waals surface area contributed by atoms with Crippen molar-refractivity contribution >= 4 is 35.8 Å². The maximum absolute atomic E-state index is 13.7. The Bertz CT molecular complexity index is 1800. The summed E-state index contributed by atoms with van der Waals surface area (Å²) in [6, 6.07) is 24.0. The molecule has 0 N–H and O–H groups in total. The normalized spacial score (nSPS) is 25.8. The summed E-state index contributed by atoms with van der Waals surface area (Å²) in [4.78, 5) is 76.6. The molecule has 2 saturated heterocycles. The number of hydrogen-bond donors (Lipinski definition) is 0. The summed E-state index contributed by atoms with van der Waals surface area (Å²) in [5.74, 6) is -4.51. The molecule has 2 aliphatic heterocycles. The zero-order valence-electron chi connectivity index (χ0n) is 31.0. The highest BCUT2D eigenvalue weighted by molar-refractivity contribution is 5.91. The van der Waals surface area contributed by atoms with Crippen LogP contribution < -0.4 is 0 Å². The van der Waals surface area contributed by atoms with Gasteiger partial charge in [0, 0.05) is 34.3 Å². The molecule has 3 aromatic rings. The number of ether oxygens (including phenoxy) is 10. The third-order valence-corrected chi connectivity index (χ3v) is 8.58. The van der Waals surface area contributed by atoms with Gasteiger partial charge in [-0.25, -0.2) is 14.4 Å². The Morgan fingerprint density at radius 2 is 1.00 bits per heavy atom. The van der Waals surface area contributed by atoms with Crippen LogP contribution in [0.4, 0.5) is 0 Å². The summed E-state index contributed by atoms with van der Waals surface area (Å²) in [5, 5.41) is 0. The molecule has 0 saturated carbocycles. The predicted octanol–water partition coefficient (Wildman–Crippen LogP) is 3.59. The first-order chi connectivity index (χ1) is 26.9. The van der Waals surface area contributed by atoms with Gasteiger partial charge in [0.15, 0.2) is 37.0 Å². The molecule has 2 heterocycles. The Morgan fingerprint density at radius 1 is 0.536 bits per heavy atom. The predicted molar refractivity (Wildman–Crippen MR) is 190 cm³/mol. The average molecular weight is 779 g/mol. The topological polar surface area (TPSA) is 195 Å². The van der Waals surface area contributed by atoms with Crippen molar-refractivity contribution in [2.75, 3.05) is 20.3 Å². The smallest absolute Gasteiger partial charge is 0.338 e. The van der Waals surface area contributed by atoms with E-state index in [2.05, 4.69) is 0 Å². The van der Waals surface area contributed by atoms with Crippen molar-refractivity contribution in [1.82, 2.24) is 0 Å². The van der Waals surface area contributed by atoms with E-state index >= 15 is 0 Å². The quantitative estimate of drug-likeness (QED) is 0.170. The number of rotatable bonds is 14. The lowest BCUT2D eigenvalue weighted by Crippen LogP contribution is -2.63. The minimum Gasteiger partial charge on any atom is -0.463 e. The van der Waals surface area contributed by atoms with Gasteiger partial charge < -0.3 is 47.4 Å². The maximum atomic E-state index is 13.7. The standard InChI is InChI=1S/C40H42O16/c1-23(41)48-21-30-33(51-25(3)43)29(50-24(2)42)20-32(52-30)49-22-31-34(54-37(44)26-14-8-5-9-15-26)35(55-38(45)27-16-10-6-11-17-27)36(40(47-4)53-31)56-39(46)28-18-12-7-13-19-28/h5-19,29-36,40H,20-22H2,1-4H3/t29-,30?,31?,32-,33-,34-,35?,36?,40+/m1/s1. The minimum absolute atomic E-state index is 0.148. The van der Waals surface area contributed by atoms with Gasteiger partial charge in [-0.3, -0.25) is 14.4 Å². The molecule has 16 nitrogen and oxygen atoms in total. The van der Waals surface area contributed by atoms with Crippen LogP contribution in [0.1, 0.15) is 58.3 Å². The summed E-state index contributed by atoms with van der Waals surface area (Å²) >= 11 is 0. The van der Waals surface area contributed by atoms with Gasteiger partial charge in [-0.2, -0.15) is 0 Å². The van der Waals surface area contributed by atoms with Crippen molar-refractivity contribution in [2.24, 2.45) is 0 Å². The van der Waals surface area contributed by atoms with E-state index in [9.17, 15) is 28.8 Å². The van der Waals surface area contributed by atoms with Crippen LogP contribution in [0.15, 0.2) is 91.0 Å². The highest BCUT2D eigenvalue weighted by Crippen LogP contribution is 2.33. The lowest BCUT2D eigenvalue weighted by molar-refractivity contribution is -0.311. The molecular weight excluding hydrogens is 736 g/mol. The molecule has 4 unspecified atom stereocenters. The lowest BCUT2D eigenvalue weighted by Gasteiger charge is -2.45. The van der Waals surface area contributed by atoms with E-state index in [4.69, 9.17) is 47.4 Å². The molecule has 0 amide bonds. The van der Waals surface area contributed by atoms with E-state index in [-0.39, 0.29) is 29.7 Å². The summed E-state index contributed by atoms with van der Waals surface area (Å²) in [6.45, 7) is 2.67. The molecule has 0 aliphatic carbocycles. The number of carbonyl (C=O) groups excluding carboxylic acids is 6. The van der Waals surface area contributed by atoms with Gasteiger partial charge >= 0.3 is 35.8 Å². The number of esters is 6. The van der Waals surface area contributed by atoms with Gasteiger partial charge in [0.05, 0.1) is 23.3 Å². The van der Waals surface area contributed by atoms with Crippen molar-refractivity contribution in [3.63, 3.8) is 0 Å². The first kappa shape index (κ1) is 41.5. The van der Waals surface area contributed by atoms with Crippen molar-refractivity contribution in [3.8, 4) is 0 Å². The Kier molecular flexibility index (Phi) is 14.6. The van der Waals surface area contributed by atoms with Crippen molar-refractivity contribution in [3.05, 3.63) is 108 Å². The van der Waals surface area contributed by atoms with Crippen LogP contribution in [0.25, 0.3) is 0 Å². The van der Waals surface area contributed by atoms with Gasteiger partial charge in [-0.15, -0.1) is 0 Å². The second-order valence-electron chi connectivity index (χ2n) is 12.7. The molecule has 2 fully saturated rings. The van der Waals surface area contributed by atoms with E-state index in [0.29, 0.717) is 0 Å². The second-order valence-corrected chi connectivity index (χ2v) is 12.7. The van der Waals surface area contributed by atoms with E-state index in [1.54, 1.807) is 54.6 Å². The number of benzene rings is 3. The average Bonchev–Trinajstić information content (AvgIpc) is 3.19. The summed E-state index contributed by atoms with van der Waals surface area (Å²) in [6.07, 6.45) is -12.0. The molecule has 56 heavy (non-hydrogen) atoms. The molecule has 3 aromatic carbocycles. The molecule has 9 atom stereocenters. The van der Waals surface area contributed by atoms with Crippen molar-refractivity contribution in [1.29, 1.82) is 0 Å². The fraction of sp³-hybridized carbons (Fsp3) is 0.400. The van der Waals surface area contributed by atoms with Gasteiger partial charge in [0.25, 0.3) is 0 Å². The van der Waals surface area contributed by atoms with Crippen molar-refractivity contribution in [2.45, 2.75) is 82.5 Å². The fourth-order valence-corrected chi connectivity index (χ4v) is 6.11. The van der Waals surface area contributed by atoms with E-state index < -0.39 is 97.7 Å². The summed E-state index contributed by atoms with van der Waals surface area (Å²) in [5.41, 5.74) is 0.470. The molecule has 2 aliphatic rings. The number of carbonyl (C=O) groups is 6. The molecule has 0 aromatic heterocycles. The SMILES string of the molecule is CO[C@H]1OC(CO[C@H]2C[C@@H](OC(C)=O)[C@@H](OC(C)=O)C(COC(C)=O)O2)[C@@H](OC(=O)c2ccccc2)C(OC(=O)c2ccccc2)C1OC(=O)c1ccccc1. The first-order valence-corrected chi connectivity index (χ1v) is 17.6. The Morgan fingerprint density at radius 3 is 1.46 bits per heavy atom. The van der Waals surface area contributed by atoms with Crippen LogP contribution in [0.3, 0.4) is 0 Å². The molecule has 298 valence electrons. The van der Waals surface area contributed by atoms with Gasteiger partial charge in [-0.1, -0.05) is 54.6 Å². The summed E-state index contributed by atoms with van der Waals surface area (Å²) in [7, 11) is 1.28. The monoisotopic (exact) mass is 778 g/mol. The number of hydrogen-bond acceptors (Lipinski definition) is 16. The Hall–Kier alpha value is -5.68. The third-order valence-electron chi connectivity index (χ3n) is 8.58. The second kappa shape index (κ2) is 19.8. The van der Waals surface area contributed by atoms with Crippen LogP contribution in [0.5, 0.6) is 0 Å². The zero-order chi connectivity index (χ0) is 40.2. The summed E-state index contributed by atoms with van der Waals surface area (Å²) < 4.78 is 58.0. The molecule has 0 spiro atoms. The highest BCUT2D eigenvalue weighted by Gasteiger charge is 2.54. The molecule has 5 rings (SSSR count). The zero-order valence-corrected chi connectivity index (χ0v) is 31.0. The largest absolute Gasteiger partial charge is 0.463 e. The van der Waals surface area contributed by atoms with Crippen LogP contribution in [-0.2, 0) is 61.8 Å². The van der Waals surface area contributed by atoms with E-state index in [1.807, 2.05) is 0 Å². The minimum atomic E-state index is -1.54. The fourth-order valence-electron chi connectivity index (χ4n) is 6.11. The maximum Gasteiger partial charge on any atom is 0.338 e. The van der Waals surface area contributed by atoms with Crippen LogP contribution in [0, 0.1) is 0 Å². The highest BCUT2D eigenvalue weighted by atomic mass is 16.7.